The van der Waals surface area contributed by atoms with Gasteiger partial charge >= 0.3 is 0 Å². The molecular formula is C22H28N2O. The number of unbranched alkanes of at least 4 members (excludes halogenated alkanes) is 1. The molecule has 3 nitrogen and oxygen atoms in total. The summed E-state index contributed by atoms with van der Waals surface area (Å²) in [5.41, 5.74) is 4.20. The van der Waals surface area contributed by atoms with E-state index in [2.05, 4.69) is 46.6 Å². The molecular weight excluding hydrogens is 308 g/mol. The molecule has 0 bridgehead atoms. The van der Waals surface area contributed by atoms with Crippen molar-refractivity contribution in [1.82, 2.24) is 10.2 Å². The fourth-order valence-corrected chi connectivity index (χ4v) is 3.42. The number of aryl methyl sites for hydroxylation is 1. The molecule has 1 heterocycles. The number of nitrogens with zero attached hydrogens (tertiary/aromatic N) is 1. The van der Waals surface area contributed by atoms with E-state index < -0.39 is 0 Å². The second-order valence-electron chi connectivity index (χ2n) is 6.84. The molecule has 0 unspecified atom stereocenters. The molecule has 0 fully saturated rings. The number of nitrogens with one attached hydrogen (secondary N) is 1. The van der Waals surface area contributed by atoms with E-state index >= 15 is 0 Å². The van der Waals surface area contributed by atoms with E-state index in [0.29, 0.717) is 6.42 Å². The summed E-state index contributed by atoms with van der Waals surface area (Å²) in [4.78, 5) is 14.4. The fourth-order valence-electron chi connectivity index (χ4n) is 3.42. The predicted molar refractivity (Wildman–Crippen MR) is 102 cm³/mol. The third-order valence-corrected chi connectivity index (χ3v) is 4.92. The second kappa shape index (κ2) is 9.38. The van der Waals surface area contributed by atoms with Crippen LogP contribution in [0.5, 0.6) is 0 Å². The van der Waals surface area contributed by atoms with Gasteiger partial charge in [0.2, 0.25) is 5.91 Å². The zero-order valence-electron chi connectivity index (χ0n) is 14.9. The molecule has 25 heavy (non-hydrogen) atoms. The molecule has 2 aromatic rings. The van der Waals surface area contributed by atoms with E-state index in [-0.39, 0.29) is 5.91 Å². The number of rotatable bonds is 8. The van der Waals surface area contributed by atoms with Crippen molar-refractivity contribution in [2.24, 2.45) is 0 Å². The van der Waals surface area contributed by atoms with Crippen molar-refractivity contribution in [2.75, 3.05) is 19.6 Å². The van der Waals surface area contributed by atoms with Crippen molar-refractivity contribution in [3.8, 4) is 0 Å². The molecule has 1 aliphatic rings. The van der Waals surface area contributed by atoms with Crippen molar-refractivity contribution in [1.29, 1.82) is 0 Å². The molecule has 1 amide bonds. The lowest BCUT2D eigenvalue weighted by atomic mass is 10.00. The Balaban J connectivity index is 1.26. The summed E-state index contributed by atoms with van der Waals surface area (Å²) < 4.78 is 0. The highest BCUT2D eigenvalue weighted by atomic mass is 16.1. The molecule has 1 aliphatic heterocycles. The molecule has 132 valence electrons. The first kappa shape index (κ1) is 17.7. The van der Waals surface area contributed by atoms with Crippen molar-refractivity contribution in [2.45, 2.75) is 38.6 Å². The zero-order chi connectivity index (χ0) is 17.3. The van der Waals surface area contributed by atoms with Crippen LogP contribution >= 0.6 is 0 Å². The van der Waals surface area contributed by atoms with Crippen molar-refractivity contribution < 1.29 is 4.79 Å². The van der Waals surface area contributed by atoms with Crippen LogP contribution in [0.25, 0.3) is 0 Å². The quantitative estimate of drug-likeness (QED) is 0.748. The Bertz CT molecular complexity index is 669. The molecule has 0 spiro atoms. The van der Waals surface area contributed by atoms with Crippen LogP contribution in [-0.4, -0.2) is 30.4 Å². The Kier molecular flexibility index (Phi) is 6.63. The van der Waals surface area contributed by atoms with Gasteiger partial charge in [-0.05, 0) is 48.9 Å². The van der Waals surface area contributed by atoms with E-state index in [4.69, 9.17) is 0 Å². The standard InChI is InChI=1S/C22H28N2O/c25-22(13-12-19-8-2-1-3-9-19)23-15-6-7-16-24-17-14-20-10-4-5-11-21(20)18-24/h1-5,8-11H,6-7,12-18H2,(H,23,25). The smallest absolute Gasteiger partial charge is 0.220 e. The van der Waals surface area contributed by atoms with Crippen molar-refractivity contribution in [3.05, 3.63) is 71.3 Å². The van der Waals surface area contributed by atoms with Gasteiger partial charge < -0.3 is 5.32 Å². The number of amides is 1. The first-order valence-electron chi connectivity index (χ1n) is 9.41. The van der Waals surface area contributed by atoms with Crippen LogP contribution in [0.2, 0.25) is 0 Å². The van der Waals surface area contributed by atoms with Gasteiger partial charge in [0.25, 0.3) is 0 Å². The molecule has 0 saturated heterocycles. The lowest BCUT2D eigenvalue weighted by Gasteiger charge is -2.28. The van der Waals surface area contributed by atoms with Gasteiger partial charge in [0, 0.05) is 26.1 Å². The molecule has 0 radical (unpaired) electrons. The Labute approximate surface area is 151 Å². The summed E-state index contributed by atoms with van der Waals surface area (Å²) in [5.74, 6) is 0.163. The van der Waals surface area contributed by atoms with Crippen LogP contribution in [0, 0.1) is 0 Å². The highest BCUT2D eigenvalue weighted by Crippen LogP contribution is 2.18. The largest absolute Gasteiger partial charge is 0.356 e. The summed E-state index contributed by atoms with van der Waals surface area (Å²) in [5, 5.41) is 3.05. The first-order chi connectivity index (χ1) is 12.3. The predicted octanol–water partition coefficient (Wildman–Crippen LogP) is 3.57. The Morgan fingerprint density at radius 3 is 2.56 bits per heavy atom. The highest BCUT2D eigenvalue weighted by molar-refractivity contribution is 5.76. The van der Waals surface area contributed by atoms with Gasteiger partial charge in [0.1, 0.15) is 0 Å². The maximum atomic E-state index is 11.9. The first-order valence-corrected chi connectivity index (χ1v) is 9.41. The lowest BCUT2D eigenvalue weighted by molar-refractivity contribution is -0.121. The third-order valence-electron chi connectivity index (χ3n) is 4.92. The Morgan fingerprint density at radius 2 is 1.72 bits per heavy atom. The van der Waals surface area contributed by atoms with Gasteiger partial charge in [-0.1, -0.05) is 54.6 Å². The monoisotopic (exact) mass is 336 g/mol. The van der Waals surface area contributed by atoms with Crippen LogP contribution in [0.1, 0.15) is 36.0 Å². The van der Waals surface area contributed by atoms with Gasteiger partial charge in [0.05, 0.1) is 0 Å². The van der Waals surface area contributed by atoms with E-state index in [1.807, 2.05) is 18.2 Å². The molecule has 3 rings (SSSR count). The van der Waals surface area contributed by atoms with Gasteiger partial charge in [-0.3, -0.25) is 9.69 Å². The number of carbonyl (C=O) groups excluding carboxylic acids is 1. The molecule has 0 saturated carbocycles. The van der Waals surface area contributed by atoms with Crippen LogP contribution in [-0.2, 0) is 24.2 Å². The van der Waals surface area contributed by atoms with Crippen LogP contribution in [0.4, 0.5) is 0 Å². The highest BCUT2D eigenvalue weighted by Gasteiger charge is 2.14. The van der Waals surface area contributed by atoms with Crippen molar-refractivity contribution >= 4 is 5.91 Å². The molecule has 3 heteroatoms. The molecule has 1 N–H and O–H groups in total. The number of hydrogen-bond donors (Lipinski definition) is 1. The summed E-state index contributed by atoms with van der Waals surface area (Å²) >= 11 is 0. The fraction of sp³-hybridized carbons (Fsp3) is 0.409. The SMILES string of the molecule is O=C(CCc1ccccc1)NCCCCN1CCc2ccccc2C1. The lowest BCUT2D eigenvalue weighted by Crippen LogP contribution is -2.32. The average molecular weight is 336 g/mol. The summed E-state index contributed by atoms with van der Waals surface area (Å²) in [6.45, 7) is 4.13. The maximum Gasteiger partial charge on any atom is 0.220 e. The van der Waals surface area contributed by atoms with Crippen LogP contribution in [0.3, 0.4) is 0 Å². The zero-order valence-corrected chi connectivity index (χ0v) is 14.9. The maximum absolute atomic E-state index is 11.9. The Hall–Kier alpha value is -2.13. The van der Waals surface area contributed by atoms with E-state index in [9.17, 15) is 4.79 Å². The Morgan fingerprint density at radius 1 is 0.960 bits per heavy atom. The van der Waals surface area contributed by atoms with Crippen molar-refractivity contribution in [3.63, 3.8) is 0 Å². The molecule has 0 aromatic heterocycles. The topological polar surface area (TPSA) is 32.3 Å². The minimum atomic E-state index is 0.163. The van der Waals surface area contributed by atoms with Gasteiger partial charge in [0.15, 0.2) is 0 Å². The van der Waals surface area contributed by atoms with Gasteiger partial charge in [-0.25, -0.2) is 0 Å². The van der Waals surface area contributed by atoms with Crippen LogP contribution < -0.4 is 5.32 Å². The number of hydrogen-bond acceptors (Lipinski definition) is 2. The normalized spacial score (nSPS) is 14.1. The van der Waals surface area contributed by atoms with Gasteiger partial charge in [-0.2, -0.15) is 0 Å². The third kappa shape index (κ3) is 5.71. The van der Waals surface area contributed by atoms with E-state index in [0.717, 1.165) is 51.9 Å². The van der Waals surface area contributed by atoms with E-state index in [1.54, 1.807) is 0 Å². The minimum absolute atomic E-state index is 0.163. The van der Waals surface area contributed by atoms with Gasteiger partial charge in [-0.15, -0.1) is 0 Å². The molecule has 0 atom stereocenters. The van der Waals surface area contributed by atoms with Crippen LogP contribution in [0.15, 0.2) is 54.6 Å². The molecule has 0 aliphatic carbocycles. The summed E-state index contributed by atoms with van der Waals surface area (Å²) in [6.07, 6.45) is 4.75. The average Bonchev–Trinajstić information content (AvgIpc) is 2.67. The summed E-state index contributed by atoms with van der Waals surface area (Å²) in [6, 6.07) is 18.9. The number of fused-ring (bicyclic) bond motifs is 1. The molecule has 2 aromatic carbocycles. The second-order valence-corrected chi connectivity index (χ2v) is 6.84. The number of benzene rings is 2. The summed E-state index contributed by atoms with van der Waals surface area (Å²) in [7, 11) is 0. The van der Waals surface area contributed by atoms with E-state index in [1.165, 1.54) is 16.7 Å². The minimum Gasteiger partial charge on any atom is -0.356 e. The number of carbonyl (C=O) groups is 1.